The summed E-state index contributed by atoms with van der Waals surface area (Å²) in [5.41, 5.74) is 2.05. The average molecular weight is 220 g/mol. The first kappa shape index (κ1) is 11.3. The minimum Gasteiger partial charge on any atom is -0.319 e. The molecule has 2 atom stereocenters. The third-order valence-corrected chi connectivity index (χ3v) is 3.42. The Balaban J connectivity index is 2.06. The molecular weight excluding hydrogens is 201 g/mol. The second-order valence-electron chi connectivity index (χ2n) is 5.05. The summed E-state index contributed by atoms with van der Waals surface area (Å²) in [5, 5.41) is 0. The molecule has 2 unspecified atom stereocenters. The van der Waals surface area contributed by atoms with Crippen molar-refractivity contribution in [2.45, 2.75) is 19.1 Å². The van der Waals surface area contributed by atoms with Gasteiger partial charge >= 0.3 is 0 Å². The van der Waals surface area contributed by atoms with Gasteiger partial charge in [-0.05, 0) is 5.57 Å². The molecule has 1 aromatic carbocycles. The van der Waals surface area contributed by atoms with Gasteiger partial charge in [0.15, 0.2) is 6.17 Å². The lowest BCUT2D eigenvalue weighted by molar-refractivity contribution is -0.927. The zero-order valence-corrected chi connectivity index (χ0v) is 9.82. The monoisotopic (exact) mass is 220 g/mol. The minimum absolute atomic E-state index is 0.563. The van der Waals surface area contributed by atoms with E-state index in [0.717, 1.165) is 29.6 Å². The van der Waals surface area contributed by atoms with Crippen molar-refractivity contribution < 1.29 is 8.87 Å². The largest absolute Gasteiger partial charge is 0.319 e. The molecule has 0 radical (unpaired) electrons. The van der Waals surface area contributed by atoms with Crippen LogP contribution in [-0.4, -0.2) is 30.8 Å². The van der Waals surface area contributed by atoms with Crippen LogP contribution in [0.15, 0.2) is 42.5 Å². The molecule has 0 aromatic heterocycles. The van der Waals surface area contributed by atoms with Gasteiger partial charge in [-0.25, -0.2) is 4.39 Å². The number of rotatable bonds is 2. The van der Waals surface area contributed by atoms with Crippen LogP contribution in [0.25, 0.3) is 0 Å². The summed E-state index contributed by atoms with van der Waals surface area (Å²) in [6.45, 7) is 6.25. The molecule has 2 heteroatoms. The number of nitrogens with zero attached hydrogens (tertiary/aromatic N) is 1. The van der Waals surface area contributed by atoms with Gasteiger partial charge in [0.05, 0.1) is 13.6 Å². The normalized spacial score (nSPS) is 30.4. The van der Waals surface area contributed by atoms with E-state index in [2.05, 4.69) is 25.8 Å². The molecule has 1 saturated heterocycles. The fourth-order valence-electron chi connectivity index (χ4n) is 2.35. The molecule has 0 N–H and O–H groups in total. The van der Waals surface area contributed by atoms with Gasteiger partial charge in [-0.2, -0.15) is 0 Å². The summed E-state index contributed by atoms with van der Waals surface area (Å²) in [6.07, 6.45) is -0.0210. The van der Waals surface area contributed by atoms with Gasteiger partial charge in [0, 0.05) is 12.0 Å². The van der Waals surface area contributed by atoms with Crippen LogP contribution in [0.5, 0.6) is 0 Å². The molecule has 16 heavy (non-hydrogen) atoms. The van der Waals surface area contributed by atoms with Crippen molar-refractivity contribution >= 4 is 0 Å². The minimum atomic E-state index is -0.831. The summed E-state index contributed by atoms with van der Waals surface area (Å²) in [6, 6.07) is 10.3. The molecule has 1 fully saturated rings. The highest BCUT2D eigenvalue weighted by molar-refractivity contribution is 5.14. The van der Waals surface area contributed by atoms with Crippen LogP contribution < -0.4 is 0 Å². The van der Waals surface area contributed by atoms with E-state index in [1.165, 1.54) is 5.56 Å². The summed E-state index contributed by atoms with van der Waals surface area (Å²) in [4.78, 5) is 0. The smallest absolute Gasteiger partial charge is 0.170 e. The van der Waals surface area contributed by atoms with E-state index in [-0.39, 0.29) is 0 Å². The quantitative estimate of drug-likeness (QED) is 0.531. The van der Waals surface area contributed by atoms with E-state index in [1.54, 1.807) is 0 Å². The van der Waals surface area contributed by atoms with Crippen molar-refractivity contribution in [1.29, 1.82) is 0 Å². The standard InChI is InChI=1S/C14H19FN/c1-12-8-9-16(2,11-14(12)15)10-13-6-4-3-5-7-13/h3-7,14H,1,8-11H2,2H3/q+1. The summed E-state index contributed by atoms with van der Waals surface area (Å²) in [5.74, 6) is 0. The highest BCUT2D eigenvalue weighted by Crippen LogP contribution is 2.25. The maximum Gasteiger partial charge on any atom is 0.170 e. The van der Waals surface area contributed by atoms with Gasteiger partial charge in [0.2, 0.25) is 0 Å². The highest BCUT2D eigenvalue weighted by atomic mass is 19.1. The number of hydrogen-bond acceptors (Lipinski definition) is 0. The average Bonchev–Trinajstić information content (AvgIpc) is 2.25. The van der Waals surface area contributed by atoms with Gasteiger partial charge in [-0.3, -0.25) is 0 Å². The van der Waals surface area contributed by atoms with Crippen molar-refractivity contribution in [3.8, 4) is 0 Å². The molecule has 0 amide bonds. The van der Waals surface area contributed by atoms with Crippen LogP contribution in [0.3, 0.4) is 0 Å². The lowest BCUT2D eigenvalue weighted by atomic mass is 10.0. The Bertz CT molecular complexity index is 374. The van der Waals surface area contributed by atoms with E-state index in [0.29, 0.717) is 6.54 Å². The number of halogens is 1. The Kier molecular flexibility index (Phi) is 3.10. The van der Waals surface area contributed by atoms with E-state index in [1.807, 2.05) is 18.2 Å². The van der Waals surface area contributed by atoms with Gasteiger partial charge < -0.3 is 4.48 Å². The van der Waals surface area contributed by atoms with Gasteiger partial charge in [-0.15, -0.1) is 0 Å². The first-order valence-corrected chi connectivity index (χ1v) is 5.78. The van der Waals surface area contributed by atoms with Crippen LogP contribution in [0, 0.1) is 0 Å². The Hall–Kier alpha value is -1.15. The van der Waals surface area contributed by atoms with E-state index < -0.39 is 6.17 Å². The van der Waals surface area contributed by atoms with Gasteiger partial charge in [0.1, 0.15) is 13.1 Å². The highest BCUT2D eigenvalue weighted by Gasteiger charge is 2.33. The van der Waals surface area contributed by atoms with Crippen LogP contribution in [0.2, 0.25) is 0 Å². The predicted molar refractivity (Wildman–Crippen MR) is 64.7 cm³/mol. The molecule has 1 aromatic rings. The third kappa shape index (κ3) is 2.50. The maximum absolute atomic E-state index is 13.7. The lowest BCUT2D eigenvalue weighted by Crippen LogP contribution is -2.51. The van der Waals surface area contributed by atoms with Gasteiger partial charge in [0.25, 0.3) is 0 Å². The molecule has 86 valence electrons. The Morgan fingerprint density at radius 3 is 2.69 bits per heavy atom. The zero-order chi connectivity index (χ0) is 11.6. The lowest BCUT2D eigenvalue weighted by Gasteiger charge is -2.40. The van der Waals surface area contributed by atoms with E-state index in [4.69, 9.17) is 0 Å². The summed E-state index contributed by atoms with van der Waals surface area (Å²) >= 11 is 0. The van der Waals surface area contributed by atoms with E-state index >= 15 is 0 Å². The predicted octanol–water partition coefficient (Wildman–Crippen LogP) is 2.93. The number of benzene rings is 1. The number of hydrogen-bond donors (Lipinski definition) is 0. The van der Waals surface area contributed by atoms with Crippen LogP contribution in [0.4, 0.5) is 4.39 Å². The van der Waals surface area contributed by atoms with Crippen molar-refractivity contribution in [3.05, 3.63) is 48.0 Å². The molecule has 1 heterocycles. The fourth-order valence-corrected chi connectivity index (χ4v) is 2.35. The molecular formula is C14H19FN+. The summed E-state index contributed by atoms with van der Waals surface area (Å²) in [7, 11) is 2.13. The third-order valence-electron chi connectivity index (χ3n) is 3.42. The van der Waals surface area contributed by atoms with Crippen molar-refractivity contribution in [2.24, 2.45) is 0 Å². The van der Waals surface area contributed by atoms with Crippen molar-refractivity contribution in [3.63, 3.8) is 0 Å². The molecule has 1 aliphatic heterocycles. The molecule has 1 aliphatic rings. The molecule has 0 saturated carbocycles. The second-order valence-corrected chi connectivity index (χ2v) is 5.05. The van der Waals surface area contributed by atoms with Crippen LogP contribution in [0.1, 0.15) is 12.0 Å². The van der Waals surface area contributed by atoms with Crippen LogP contribution >= 0.6 is 0 Å². The molecule has 0 aliphatic carbocycles. The molecule has 0 spiro atoms. The molecule has 2 rings (SSSR count). The first-order valence-electron chi connectivity index (χ1n) is 5.78. The molecule has 0 bridgehead atoms. The number of piperidine rings is 1. The van der Waals surface area contributed by atoms with Gasteiger partial charge in [-0.1, -0.05) is 36.9 Å². The zero-order valence-electron chi connectivity index (χ0n) is 9.82. The first-order chi connectivity index (χ1) is 7.59. The number of alkyl halides is 1. The van der Waals surface area contributed by atoms with Crippen LogP contribution in [-0.2, 0) is 6.54 Å². The Morgan fingerprint density at radius 1 is 1.38 bits per heavy atom. The topological polar surface area (TPSA) is 0 Å². The molecule has 1 nitrogen and oxygen atoms in total. The van der Waals surface area contributed by atoms with Crippen molar-refractivity contribution in [1.82, 2.24) is 0 Å². The Morgan fingerprint density at radius 2 is 2.06 bits per heavy atom. The second kappa shape index (κ2) is 4.38. The SMILES string of the molecule is C=C1CC[N+](C)(Cc2ccccc2)CC1F. The summed E-state index contributed by atoms with van der Waals surface area (Å²) < 4.78 is 14.4. The fraction of sp³-hybridized carbons (Fsp3) is 0.429. The number of likely N-dealkylation sites (tertiary alicyclic amines) is 1. The Labute approximate surface area is 96.8 Å². The maximum atomic E-state index is 13.7. The van der Waals surface area contributed by atoms with Crippen molar-refractivity contribution in [2.75, 3.05) is 20.1 Å². The number of quaternary nitrogens is 1. The van der Waals surface area contributed by atoms with E-state index in [9.17, 15) is 4.39 Å².